The van der Waals surface area contributed by atoms with Gasteiger partial charge in [0, 0.05) is 18.5 Å². The van der Waals surface area contributed by atoms with Gasteiger partial charge in [0.15, 0.2) is 11.1 Å². The van der Waals surface area contributed by atoms with Crippen LogP contribution in [0.3, 0.4) is 0 Å². The standard InChI is InChI=1S/C30H32N4O7S3/c1-19-14-24-25(15-23(19)21-8-10-22(11-9-21)26(35)34-17-29(2,37)18-34)42-28(33-24)30(43(38)39,16-20-6-4-3-5-7-20)27(36)32-12-13-44(31,40)41/h3-11,14-15,37H,12-13,16-18H2,1-2H3,(H,32,36)(H,38,39)(H2,31,40,41). The highest BCUT2D eigenvalue weighted by Crippen LogP contribution is 2.39. The van der Waals surface area contributed by atoms with Crippen molar-refractivity contribution in [3.8, 4) is 11.1 Å². The number of aromatic nitrogens is 1. The number of primary sulfonamides is 1. The summed E-state index contributed by atoms with van der Waals surface area (Å²) in [7, 11) is -3.88. The van der Waals surface area contributed by atoms with Crippen LogP contribution in [0.2, 0.25) is 0 Å². The van der Waals surface area contributed by atoms with Gasteiger partial charge >= 0.3 is 0 Å². The van der Waals surface area contributed by atoms with E-state index in [0.717, 1.165) is 28.0 Å². The molecule has 0 aliphatic carbocycles. The molecule has 1 saturated heterocycles. The average molecular weight is 657 g/mol. The molecule has 4 aromatic rings. The highest BCUT2D eigenvalue weighted by molar-refractivity contribution is 7.89. The summed E-state index contributed by atoms with van der Waals surface area (Å²) in [5.74, 6) is -1.54. The van der Waals surface area contributed by atoms with Gasteiger partial charge in [0.1, 0.15) is 5.01 Å². The Labute approximate surface area is 261 Å². The van der Waals surface area contributed by atoms with E-state index in [0.29, 0.717) is 21.3 Å². The maximum atomic E-state index is 13.6. The lowest BCUT2D eigenvalue weighted by atomic mass is 9.95. The number of hydrogen-bond acceptors (Lipinski definition) is 8. The van der Waals surface area contributed by atoms with Crippen molar-refractivity contribution in [2.75, 3.05) is 25.4 Å². The predicted octanol–water partition coefficient (Wildman–Crippen LogP) is 2.54. The Balaban J connectivity index is 1.50. The van der Waals surface area contributed by atoms with Gasteiger partial charge in [0.25, 0.3) is 5.91 Å². The second kappa shape index (κ2) is 12.1. The SMILES string of the molecule is Cc1cc2nc(C(Cc3ccccc3)(C(=O)NCCS(N)(=O)=O)S(=O)O)sc2cc1-c1ccc(C(=O)N2CC(C)(O)C2)cc1. The van der Waals surface area contributed by atoms with Gasteiger partial charge in [-0.15, -0.1) is 11.3 Å². The summed E-state index contributed by atoms with van der Waals surface area (Å²) in [6.07, 6.45) is -0.161. The smallest absolute Gasteiger partial charge is 0.254 e. The Morgan fingerprint density at radius 3 is 2.39 bits per heavy atom. The lowest BCUT2D eigenvalue weighted by Crippen LogP contribution is -2.61. The molecule has 1 fully saturated rings. The zero-order valence-corrected chi connectivity index (χ0v) is 26.5. The van der Waals surface area contributed by atoms with Crippen molar-refractivity contribution in [2.24, 2.45) is 5.14 Å². The summed E-state index contributed by atoms with van der Waals surface area (Å²) >= 11 is -1.64. The molecule has 1 aromatic heterocycles. The van der Waals surface area contributed by atoms with Gasteiger partial charge in [0.2, 0.25) is 20.7 Å². The van der Waals surface area contributed by atoms with Crippen molar-refractivity contribution in [3.63, 3.8) is 0 Å². The summed E-state index contributed by atoms with van der Waals surface area (Å²) in [5.41, 5.74) is 3.36. The maximum Gasteiger partial charge on any atom is 0.254 e. The first-order chi connectivity index (χ1) is 20.7. The Morgan fingerprint density at radius 1 is 1.14 bits per heavy atom. The summed E-state index contributed by atoms with van der Waals surface area (Å²) < 4.78 is 45.3. The highest BCUT2D eigenvalue weighted by atomic mass is 32.2. The van der Waals surface area contributed by atoms with Crippen LogP contribution in [0.25, 0.3) is 21.3 Å². The molecular weight excluding hydrogens is 625 g/mol. The topological polar surface area (TPSA) is 180 Å². The van der Waals surface area contributed by atoms with E-state index in [-0.39, 0.29) is 37.0 Å². The molecule has 0 saturated carbocycles. The van der Waals surface area contributed by atoms with Crippen molar-refractivity contribution in [2.45, 2.75) is 30.6 Å². The molecule has 44 heavy (non-hydrogen) atoms. The number of aryl methyl sites for hydroxylation is 1. The minimum atomic E-state index is -3.88. The van der Waals surface area contributed by atoms with Gasteiger partial charge in [-0.25, -0.2) is 22.7 Å². The quantitative estimate of drug-likeness (QED) is 0.188. The van der Waals surface area contributed by atoms with Crippen LogP contribution in [0.4, 0.5) is 0 Å². The number of carbonyl (C=O) groups excluding carboxylic acids is 2. The van der Waals surface area contributed by atoms with E-state index in [1.54, 1.807) is 54.3 Å². The van der Waals surface area contributed by atoms with Crippen LogP contribution in [0.5, 0.6) is 0 Å². The first kappa shape index (κ1) is 31.9. The van der Waals surface area contributed by atoms with Gasteiger partial charge in [-0.2, -0.15) is 0 Å². The number of nitrogens with two attached hydrogens (primary N) is 1. The van der Waals surface area contributed by atoms with E-state index < -0.39 is 43.1 Å². The zero-order chi connectivity index (χ0) is 31.9. The number of rotatable bonds is 10. The average Bonchev–Trinajstić information content (AvgIpc) is 3.36. The largest absolute Gasteiger partial charge is 0.386 e. The third-order valence-electron chi connectivity index (χ3n) is 7.51. The van der Waals surface area contributed by atoms with E-state index in [1.165, 1.54) is 0 Å². The van der Waals surface area contributed by atoms with E-state index in [4.69, 9.17) is 5.14 Å². The molecule has 1 aliphatic heterocycles. The minimum absolute atomic E-state index is 0.105. The lowest BCUT2D eigenvalue weighted by Gasteiger charge is -2.44. The van der Waals surface area contributed by atoms with E-state index >= 15 is 0 Å². The number of fused-ring (bicyclic) bond motifs is 1. The number of β-amino-alcohol motifs (C(OH)–C–C–N with tert-alkyl or cyclic N) is 1. The third-order valence-corrected chi connectivity index (χ3v) is 10.7. The second-order valence-electron chi connectivity index (χ2n) is 11.3. The number of thiazole rings is 1. The highest BCUT2D eigenvalue weighted by Gasteiger charge is 2.49. The third kappa shape index (κ3) is 6.60. The van der Waals surface area contributed by atoms with Crippen LogP contribution in [0.15, 0.2) is 66.7 Å². The number of nitrogens with zero attached hydrogens (tertiary/aromatic N) is 2. The number of nitrogens with one attached hydrogen (secondary N) is 1. The molecule has 2 unspecified atom stereocenters. The monoisotopic (exact) mass is 656 g/mol. The van der Waals surface area contributed by atoms with Crippen LogP contribution < -0.4 is 10.5 Å². The van der Waals surface area contributed by atoms with Gasteiger partial charge in [-0.1, -0.05) is 42.5 Å². The molecule has 11 nitrogen and oxygen atoms in total. The summed E-state index contributed by atoms with van der Waals surface area (Å²) in [5, 5.41) is 17.6. The summed E-state index contributed by atoms with van der Waals surface area (Å²) in [6, 6.07) is 19.6. The number of likely N-dealkylation sites (tertiary alicyclic amines) is 1. The molecule has 14 heteroatoms. The van der Waals surface area contributed by atoms with Crippen molar-refractivity contribution in [1.82, 2.24) is 15.2 Å². The van der Waals surface area contributed by atoms with Gasteiger partial charge in [0.05, 0.1) is 34.7 Å². The van der Waals surface area contributed by atoms with Crippen molar-refractivity contribution in [1.29, 1.82) is 0 Å². The molecule has 5 N–H and O–H groups in total. The molecule has 2 amide bonds. The molecule has 0 spiro atoms. The minimum Gasteiger partial charge on any atom is -0.386 e. The molecule has 232 valence electrons. The first-order valence-electron chi connectivity index (χ1n) is 13.7. The van der Waals surface area contributed by atoms with Crippen LogP contribution in [-0.4, -0.2) is 75.0 Å². The van der Waals surface area contributed by atoms with Crippen LogP contribution in [0, 0.1) is 6.92 Å². The zero-order valence-electron chi connectivity index (χ0n) is 24.0. The van der Waals surface area contributed by atoms with E-state index in [9.17, 15) is 31.9 Å². The molecule has 0 bridgehead atoms. The molecule has 5 rings (SSSR count). The fourth-order valence-corrected chi connectivity index (χ4v) is 7.77. The van der Waals surface area contributed by atoms with Gasteiger partial charge in [-0.05, 0) is 60.4 Å². The number of carbonyl (C=O) groups is 2. The Bertz CT molecular complexity index is 1850. The fraction of sp³-hybridized carbons (Fsp3) is 0.300. The summed E-state index contributed by atoms with van der Waals surface area (Å²) in [6.45, 7) is 3.82. The molecule has 0 radical (unpaired) electrons. The summed E-state index contributed by atoms with van der Waals surface area (Å²) in [4.78, 5) is 32.6. The maximum absolute atomic E-state index is 13.6. The second-order valence-corrected chi connectivity index (χ2v) is 15.2. The van der Waals surface area contributed by atoms with Crippen molar-refractivity contribution in [3.05, 3.63) is 88.4 Å². The Kier molecular flexibility index (Phi) is 8.77. The number of aliphatic hydroxyl groups is 1. The number of hydrogen-bond donors (Lipinski definition) is 4. The fourth-order valence-electron chi connectivity index (χ4n) is 5.26. The number of benzene rings is 3. The Hall–Kier alpha value is -3.53. The number of sulfonamides is 1. The molecule has 3 aromatic carbocycles. The molecule has 1 aliphatic rings. The van der Waals surface area contributed by atoms with E-state index in [1.807, 2.05) is 31.2 Å². The van der Waals surface area contributed by atoms with Gasteiger partial charge in [-0.3, -0.25) is 9.59 Å². The molecule has 2 atom stereocenters. The van der Waals surface area contributed by atoms with Gasteiger partial charge < -0.3 is 19.9 Å². The lowest BCUT2D eigenvalue weighted by molar-refractivity contribution is -0.123. The predicted molar refractivity (Wildman–Crippen MR) is 170 cm³/mol. The number of amides is 2. The normalized spacial score (nSPS) is 16.6. The van der Waals surface area contributed by atoms with Crippen LogP contribution in [0.1, 0.15) is 33.4 Å². The van der Waals surface area contributed by atoms with Crippen LogP contribution >= 0.6 is 11.3 Å². The molecular formula is C30H32N4O7S3. The van der Waals surface area contributed by atoms with Crippen molar-refractivity contribution < 1.29 is 31.9 Å². The van der Waals surface area contributed by atoms with Crippen LogP contribution in [-0.2, 0) is 37.1 Å². The van der Waals surface area contributed by atoms with Crippen molar-refractivity contribution >= 4 is 54.5 Å². The van der Waals surface area contributed by atoms with E-state index in [2.05, 4.69) is 10.3 Å². The first-order valence-corrected chi connectivity index (χ1v) is 17.3. The molecule has 2 heterocycles. The Morgan fingerprint density at radius 2 is 1.80 bits per heavy atom.